The van der Waals surface area contributed by atoms with E-state index < -0.39 is 83.4 Å². The van der Waals surface area contributed by atoms with Crippen molar-refractivity contribution in [2.45, 2.75) is 178 Å². The van der Waals surface area contributed by atoms with Crippen LogP contribution in [-0.2, 0) is 34.4 Å². The molecule has 90 heavy (non-hydrogen) atoms. The molecular weight excluding hydrogens is 1350 g/mol. The molecule has 2 unspecified atom stereocenters. The molecule has 0 amide bonds. The summed E-state index contributed by atoms with van der Waals surface area (Å²) < 4.78 is 158. The third-order valence-corrected chi connectivity index (χ3v) is 23.6. The number of para-hydroxylation sites is 2. The number of aliphatic hydroxyl groups excluding tert-OH is 2. The molecule has 4 aromatic rings. The second-order valence-corrected chi connectivity index (χ2v) is 29.2. The molecule has 0 aromatic heterocycles. The molecular formula is C66H81F10IO11S2. The lowest BCUT2D eigenvalue weighted by Gasteiger charge is -2.53. The molecule has 6 aliphatic carbocycles. The zero-order chi connectivity index (χ0) is 65.0. The number of phenols is 3. The van der Waals surface area contributed by atoms with Crippen molar-refractivity contribution in [1.29, 1.82) is 0 Å². The zero-order valence-corrected chi connectivity index (χ0v) is 54.1. The van der Waals surface area contributed by atoms with Crippen molar-refractivity contribution < 1.29 is 97.3 Å². The first-order valence-corrected chi connectivity index (χ1v) is 33.6. The molecule has 4 fully saturated rings. The van der Waals surface area contributed by atoms with E-state index in [1.165, 1.54) is 35.4 Å². The van der Waals surface area contributed by atoms with Crippen molar-refractivity contribution in [3.05, 3.63) is 118 Å². The van der Waals surface area contributed by atoms with Gasteiger partial charge in [0, 0.05) is 57.5 Å². The number of rotatable bonds is 19. The summed E-state index contributed by atoms with van der Waals surface area (Å²) in [5, 5.41) is 59.0. The number of carbonyl (C=O) groups is 2. The first-order chi connectivity index (χ1) is 41.8. The average molecular weight is 1430 g/mol. The number of ether oxygens (including phenoxy) is 1. The predicted molar refractivity (Wildman–Crippen MR) is 332 cm³/mol. The van der Waals surface area contributed by atoms with Crippen LogP contribution in [0.2, 0.25) is 0 Å². The van der Waals surface area contributed by atoms with E-state index in [1.54, 1.807) is 36.4 Å². The van der Waals surface area contributed by atoms with Gasteiger partial charge in [-0.1, -0.05) is 50.2 Å². The standard InChI is InChI=1S/C33H39F5O5S.C26H35F5O3S.C7H6O3.HI/c1-31-15-13-24-23-10-9-22(43-30(41)25-7-2-3-8-27(25)39)19-21(23)18-20(29(24)26(31)11-12-28(31)40)6-4-16-44(42)17-5-14-32(34,35)33(36,37)38;1-24-11-9-20-19-6-5-18(32)15-17(19)14-16(23(20)21(24)7-8-22(24)33)4-2-12-35(34)13-3-10-25(27,28)26(29,30)31;8-6-4-2-1-3-5(6)7(9)10;/h2-3,7-10,19-20,24,26,28-29,39-40H,4-6,11-18H2,1H3;5-6,15-16,20-23,32-33H,2-4,7-14H2,1H3;1-4,8H,(H,9,10);1H/t20-,24-,26+,28+,29-,31+,44?;16-,20-,21+,22+,23-,24+,35?;;/m11../s1. The topological polar surface area (TPSA) is 199 Å². The largest absolute Gasteiger partial charge is 0.508 e. The minimum atomic E-state index is -5.61. The first kappa shape index (κ1) is 72.9. The number of fused-ring (bicyclic) bond motifs is 10. The van der Waals surface area contributed by atoms with Crippen molar-refractivity contribution in [3.8, 4) is 23.0 Å². The number of alkyl halides is 10. The van der Waals surface area contributed by atoms with E-state index in [0.29, 0.717) is 55.1 Å². The van der Waals surface area contributed by atoms with Crippen LogP contribution < -0.4 is 4.74 Å². The molecule has 500 valence electrons. The number of benzene rings is 4. The van der Waals surface area contributed by atoms with Crippen LogP contribution in [0.15, 0.2) is 84.9 Å². The second-order valence-electron chi connectivity index (χ2n) is 25.8. The normalized spacial score (nSPS) is 28.2. The Morgan fingerprint density at radius 1 is 0.556 bits per heavy atom. The van der Waals surface area contributed by atoms with E-state index in [4.69, 9.17) is 14.9 Å². The molecule has 0 spiro atoms. The maximum absolute atomic E-state index is 13.2. The first-order valence-electron chi connectivity index (χ1n) is 30.7. The van der Waals surface area contributed by atoms with Gasteiger partial charge in [0.2, 0.25) is 0 Å². The van der Waals surface area contributed by atoms with E-state index in [9.17, 15) is 82.3 Å². The molecule has 14 atom stereocenters. The van der Waals surface area contributed by atoms with Crippen LogP contribution >= 0.6 is 24.0 Å². The molecule has 0 bridgehead atoms. The number of phenolic OH excluding ortho intramolecular Hbond substituents is 2. The maximum Gasteiger partial charge on any atom is 0.453 e. The Bertz CT molecular complexity index is 3170. The average Bonchev–Trinajstić information content (AvgIpc) is 1.03. The van der Waals surface area contributed by atoms with Gasteiger partial charge in [0.05, 0.1) is 12.2 Å². The van der Waals surface area contributed by atoms with Gasteiger partial charge in [-0.15, -0.1) is 24.0 Å². The number of aromatic hydroxyl groups is 3. The summed E-state index contributed by atoms with van der Waals surface area (Å²) in [6.45, 7) is 4.37. The van der Waals surface area contributed by atoms with E-state index >= 15 is 0 Å². The van der Waals surface area contributed by atoms with Crippen LogP contribution in [0.5, 0.6) is 23.0 Å². The number of carboxylic acids is 1. The monoisotopic (exact) mass is 1430 g/mol. The molecule has 11 nitrogen and oxygen atoms in total. The predicted octanol–water partition coefficient (Wildman–Crippen LogP) is 15.6. The molecule has 0 heterocycles. The molecule has 0 aliphatic heterocycles. The highest BCUT2D eigenvalue weighted by atomic mass is 127. The van der Waals surface area contributed by atoms with Crippen molar-refractivity contribution in [1.82, 2.24) is 0 Å². The van der Waals surface area contributed by atoms with Crippen LogP contribution in [0, 0.1) is 46.3 Å². The fourth-order valence-corrected chi connectivity index (χ4v) is 18.3. The van der Waals surface area contributed by atoms with E-state index in [-0.39, 0.29) is 122 Å². The number of halogens is 11. The number of carboxylic acid groups (broad SMARTS) is 1. The van der Waals surface area contributed by atoms with Crippen molar-refractivity contribution in [3.63, 3.8) is 0 Å². The van der Waals surface area contributed by atoms with Gasteiger partial charge >= 0.3 is 36.1 Å². The Morgan fingerprint density at radius 3 is 1.39 bits per heavy atom. The summed E-state index contributed by atoms with van der Waals surface area (Å²) in [5.41, 5.74) is 4.36. The fraction of sp³-hybridized carbons (Fsp3) is 0.606. The molecule has 4 saturated carbocycles. The molecule has 0 saturated heterocycles. The SMILES string of the molecule is C[C@]12CC[C@@H]3c4ccc(O)cc4C[C@@H](CCCS(=O)CCCC(F)(F)C(F)(F)F)[C@H]3[C@@H]1CC[C@@H]2O.C[C@]12CC[C@@H]3c4ccc(OC(=O)c5ccccc5O)cc4C[C@@H](CCCS(=O)CCCC(F)(F)C(F)(F)F)[C@H]3[C@@H]1CC[C@@H]2O.I.O=C(O)c1ccccc1O. The molecule has 10 rings (SSSR count). The highest BCUT2D eigenvalue weighted by molar-refractivity contribution is 14.0. The van der Waals surface area contributed by atoms with Crippen LogP contribution in [-0.4, -0.2) is 110 Å². The quantitative estimate of drug-likeness (QED) is 0.0226. The lowest BCUT2D eigenvalue weighted by molar-refractivity contribution is -0.284. The Kier molecular flexibility index (Phi) is 24.2. The van der Waals surface area contributed by atoms with Gasteiger partial charge < -0.3 is 35.4 Å². The summed E-state index contributed by atoms with van der Waals surface area (Å²) in [4.78, 5) is 23.0. The number of aliphatic hydroxyl groups is 2. The lowest BCUT2D eigenvalue weighted by Crippen LogP contribution is -2.47. The fourth-order valence-electron chi connectivity index (χ4n) is 16.0. The smallest absolute Gasteiger partial charge is 0.453 e. The molecule has 4 aromatic carbocycles. The van der Waals surface area contributed by atoms with Gasteiger partial charge in [-0.2, -0.15) is 43.9 Å². The van der Waals surface area contributed by atoms with Crippen LogP contribution in [0.4, 0.5) is 43.9 Å². The second kappa shape index (κ2) is 29.8. The highest BCUT2D eigenvalue weighted by Gasteiger charge is 2.60. The van der Waals surface area contributed by atoms with E-state index in [0.717, 1.165) is 75.3 Å². The zero-order valence-electron chi connectivity index (χ0n) is 50.1. The van der Waals surface area contributed by atoms with Gasteiger partial charge in [0.25, 0.3) is 0 Å². The Morgan fingerprint density at radius 2 is 0.967 bits per heavy atom. The van der Waals surface area contributed by atoms with Gasteiger partial charge in [-0.25, -0.2) is 9.59 Å². The van der Waals surface area contributed by atoms with Crippen molar-refractivity contribution in [2.24, 2.45) is 46.3 Å². The molecule has 24 heteroatoms. The van der Waals surface area contributed by atoms with E-state index in [2.05, 4.69) is 13.8 Å². The lowest BCUT2D eigenvalue weighted by atomic mass is 9.52. The third-order valence-electron chi connectivity index (χ3n) is 20.6. The summed E-state index contributed by atoms with van der Waals surface area (Å²) >= 11 is 0. The van der Waals surface area contributed by atoms with Crippen LogP contribution in [0.1, 0.15) is 171 Å². The summed E-state index contributed by atoms with van der Waals surface area (Å²) in [6.07, 6.45) is -4.19. The highest BCUT2D eigenvalue weighted by Crippen LogP contribution is 2.64. The van der Waals surface area contributed by atoms with Gasteiger partial charge in [-0.05, 0) is 232 Å². The summed E-state index contributed by atoms with van der Waals surface area (Å²) in [6, 6.07) is 23.2. The number of aromatic carboxylic acids is 1. The van der Waals surface area contributed by atoms with Crippen LogP contribution in [0.3, 0.4) is 0 Å². The maximum atomic E-state index is 13.2. The molecule has 6 aliphatic rings. The molecule has 0 radical (unpaired) electrons. The van der Waals surface area contributed by atoms with Crippen LogP contribution in [0.25, 0.3) is 0 Å². The number of carbonyl (C=O) groups excluding carboxylic acids is 1. The summed E-state index contributed by atoms with van der Waals surface area (Å²) in [7, 11) is -2.95. The number of hydrogen-bond donors (Lipinski definition) is 6. The van der Waals surface area contributed by atoms with Crippen molar-refractivity contribution in [2.75, 3.05) is 23.0 Å². The Balaban J connectivity index is 0.000000223. The third kappa shape index (κ3) is 16.5. The van der Waals surface area contributed by atoms with Gasteiger partial charge in [0.1, 0.15) is 34.1 Å². The molecule has 6 N–H and O–H groups in total. The number of hydrogen-bond acceptors (Lipinski definition) is 10. The summed E-state index contributed by atoms with van der Waals surface area (Å²) in [5.74, 6) is -8.53. The minimum absolute atomic E-state index is 0. The Hall–Kier alpha value is -4.53. The Labute approximate surface area is 540 Å². The van der Waals surface area contributed by atoms with E-state index in [1.807, 2.05) is 24.3 Å². The van der Waals surface area contributed by atoms with Gasteiger partial charge in [-0.3, -0.25) is 8.42 Å². The number of esters is 1. The van der Waals surface area contributed by atoms with Gasteiger partial charge in [0.15, 0.2) is 0 Å². The minimum Gasteiger partial charge on any atom is -0.508 e. The van der Waals surface area contributed by atoms with Crippen molar-refractivity contribution >= 4 is 57.5 Å².